The minimum Gasteiger partial charge on any atom is -0.253 e. The van der Waals surface area contributed by atoms with Gasteiger partial charge in [0, 0.05) is 11.6 Å². The predicted molar refractivity (Wildman–Crippen MR) is 115 cm³/mol. The Balaban J connectivity index is -0.000000269. The minimum absolute atomic E-state index is 0.293. The van der Waals surface area contributed by atoms with Gasteiger partial charge in [0.25, 0.3) is 0 Å². The lowest BCUT2D eigenvalue weighted by molar-refractivity contribution is 0.469. The fourth-order valence-corrected chi connectivity index (χ4v) is 1.47. The van der Waals surface area contributed by atoms with Crippen molar-refractivity contribution in [1.29, 1.82) is 0 Å². The molecular weight excluding hydrogens is 310 g/mol. The first-order valence-corrected chi connectivity index (χ1v) is 9.92. The third-order valence-corrected chi connectivity index (χ3v) is 2.51. The molecule has 0 N–H and O–H groups in total. The molecule has 0 aliphatic rings. The van der Waals surface area contributed by atoms with E-state index in [1.54, 1.807) is 23.0 Å². The minimum atomic E-state index is 0.293. The Morgan fingerprint density at radius 2 is 1.17 bits per heavy atom. The number of nitrogens with zero attached hydrogens (tertiary/aromatic N) is 1. The molecule has 0 saturated heterocycles. The molecule has 0 aliphatic heterocycles. The van der Waals surface area contributed by atoms with Gasteiger partial charge >= 0.3 is 0 Å². The Bertz CT molecular complexity index is 396. The largest absolute Gasteiger partial charge is 0.253 e. The van der Waals surface area contributed by atoms with Crippen LogP contribution in [0.1, 0.15) is 81.7 Å². The molecule has 1 aromatic heterocycles. The zero-order chi connectivity index (χ0) is 19.6. The van der Waals surface area contributed by atoms with Crippen LogP contribution in [0.2, 0.25) is 0 Å². The van der Waals surface area contributed by atoms with Crippen molar-refractivity contribution in [1.82, 2.24) is 4.98 Å². The van der Waals surface area contributed by atoms with Crippen molar-refractivity contribution in [2.45, 2.75) is 81.6 Å². The Kier molecular flexibility index (Phi) is 19.3. The molecule has 1 heterocycles. The summed E-state index contributed by atoms with van der Waals surface area (Å²) in [6, 6.07) is 10.6. The number of aromatic nitrogens is 1. The van der Waals surface area contributed by atoms with Crippen molar-refractivity contribution < 1.29 is 0 Å². The maximum atomic E-state index is 3.74. The van der Waals surface area contributed by atoms with Crippen LogP contribution in [0.25, 0.3) is 0 Å². The molecule has 0 radical (unpaired) electrons. The first-order valence-electron chi connectivity index (χ1n) is 8.98. The van der Waals surface area contributed by atoms with E-state index in [-0.39, 0.29) is 0 Å². The zero-order valence-electron chi connectivity index (χ0n) is 18.0. The molecule has 0 aliphatic carbocycles. The van der Waals surface area contributed by atoms with Crippen LogP contribution in [0, 0.1) is 5.41 Å². The fourth-order valence-electron chi connectivity index (χ4n) is 1.11. The highest BCUT2D eigenvalue weighted by Gasteiger charge is 2.11. The van der Waals surface area contributed by atoms with Crippen molar-refractivity contribution in [3.8, 4) is 0 Å². The van der Waals surface area contributed by atoms with E-state index in [9.17, 15) is 0 Å². The van der Waals surface area contributed by atoms with Crippen molar-refractivity contribution >= 4 is 11.3 Å². The lowest BCUT2D eigenvalue weighted by atomic mass is 9.87. The molecule has 0 bridgehead atoms. The van der Waals surface area contributed by atoms with Crippen molar-refractivity contribution in [3.05, 3.63) is 53.0 Å². The highest BCUT2D eigenvalue weighted by atomic mass is 32.1. The van der Waals surface area contributed by atoms with Gasteiger partial charge in [-0.1, -0.05) is 106 Å². The second kappa shape index (κ2) is 16.7. The van der Waals surface area contributed by atoms with Gasteiger partial charge in [-0.3, -0.25) is 4.98 Å². The van der Waals surface area contributed by atoms with Crippen molar-refractivity contribution in [2.24, 2.45) is 5.41 Å². The number of hydrogen-bond acceptors (Lipinski definition) is 2. The van der Waals surface area contributed by atoms with Gasteiger partial charge in [-0.05, 0) is 16.4 Å². The zero-order valence-corrected chi connectivity index (χ0v) is 18.8. The van der Waals surface area contributed by atoms with E-state index in [4.69, 9.17) is 0 Å². The van der Waals surface area contributed by atoms with E-state index in [0.29, 0.717) is 10.8 Å². The van der Waals surface area contributed by atoms with Crippen LogP contribution < -0.4 is 0 Å². The van der Waals surface area contributed by atoms with E-state index < -0.39 is 0 Å². The smallest absolute Gasteiger partial charge is 0.0791 e. The van der Waals surface area contributed by atoms with Crippen molar-refractivity contribution in [2.75, 3.05) is 0 Å². The Hall–Kier alpha value is -1.15. The molecule has 0 unspecified atom stereocenters. The van der Waals surface area contributed by atoms with Gasteiger partial charge in [0.15, 0.2) is 0 Å². The third-order valence-electron chi connectivity index (χ3n) is 1.99. The molecule has 0 fully saturated rings. The maximum Gasteiger partial charge on any atom is 0.0791 e. The summed E-state index contributed by atoms with van der Waals surface area (Å²) in [5.74, 6) is 0. The SMILES string of the molecule is CC.CC.CC(C)(C)C.CC(C)(C)c1ccccc1.c1cscn1. The van der Waals surface area contributed by atoms with E-state index in [1.807, 2.05) is 33.1 Å². The Morgan fingerprint density at radius 3 is 1.33 bits per heavy atom. The molecular formula is C22H41NS. The number of hydrogen-bond donors (Lipinski definition) is 0. The molecule has 1 aromatic carbocycles. The molecule has 0 spiro atoms. The van der Waals surface area contributed by atoms with E-state index in [2.05, 4.69) is 83.8 Å². The number of benzene rings is 1. The summed E-state index contributed by atoms with van der Waals surface area (Å²) in [7, 11) is 0. The van der Waals surface area contributed by atoms with Crippen LogP contribution in [0.15, 0.2) is 47.4 Å². The summed E-state index contributed by atoms with van der Waals surface area (Å²) < 4.78 is 0. The van der Waals surface area contributed by atoms with Crippen LogP contribution in [0.3, 0.4) is 0 Å². The summed E-state index contributed by atoms with van der Waals surface area (Å²) in [6.07, 6.45) is 1.77. The lowest BCUT2D eigenvalue weighted by Gasteiger charge is -2.18. The van der Waals surface area contributed by atoms with Gasteiger partial charge in [0.1, 0.15) is 0 Å². The molecule has 2 aromatic rings. The second-order valence-corrected chi connectivity index (χ2v) is 8.05. The van der Waals surface area contributed by atoms with Gasteiger partial charge in [-0.2, -0.15) is 0 Å². The molecule has 2 rings (SSSR count). The first kappa shape index (κ1) is 27.7. The summed E-state index contributed by atoms with van der Waals surface area (Å²) in [4.78, 5) is 3.74. The van der Waals surface area contributed by atoms with E-state index in [0.717, 1.165) is 0 Å². The highest BCUT2D eigenvalue weighted by Crippen LogP contribution is 2.20. The average molecular weight is 352 g/mol. The molecule has 140 valence electrons. The van der Waals surface area contributed by atoms with Gasteiger partial charge in [0.05, 0.1) is 5.51 Å². The standard InChI is InChI=1S/C10H14.C5H12.C3H3NS.2C2H6/c1-10(2,3)9-7-5-4-6-8-9;1-5(2,3)4;1-2-5-3-4-1;2*1-2/h4-8H,1-3H3;1-4H3;1-3H;2*1-2H3. The molecule has 0 amide bonds. The average Bonchev–Trinajstić information content (AvgIpc) is 3.09. The summed E-state index contributed by atoms with van der Waals surface area (Å²) in [5, 5.41) is 1.93. The molecule has 2 heteroatoms. The van der Waals surface area contributed by atoms with Crippen LogP contribution in [-0.2, 0) is 5.41 Å². The fraction of sp³-hybridized carbons (Fsp3) is 0.591. The molecule has 0 atom stereocenters. The monoisotopic (exact) mass is 351 g/mol. The van der Waals surface area contributed by atoms with Crippen molar-refractivity contribution in [3.63, 3.8) is 0 Å². The van der Waals surface area contributed by atoms with Gasteiger partial charge in [0.2, 0.25) is 0 Å². The van der Waals surface area contributed by atoms with Crippen LogP contribution in [0.5, 0.6) is 0 Å². The summed E-state index contributed by atoms with van der Waals surface area (Å²) in [6.45, 7) is 23.4. The third kappa shape index (κ3) is 25.8. The topological polar surface area (TPSA) is 12.9 Å². The number of rotatable bonds is 0. The quantitative estimate of drug-likeness (QED) is 0.465. The Morgan fingerprint density at radius 1 is 0.750 bits per heavy atom. The predicted octanol–water partition coefficient (Wildman–Crippen LogP) is 8.23. The summed E-state index contributed by atoms with van der Waals surface area (Å²) >= 11 is 1.60. The summed E-state index contributed by atoms with van der Waals surface area (Å²) in [5.41, 5.74) is 3.98. The number of thiazole rings is 1. The lowest BCUT2D eigenvalue weighted by Crippen LogP contribution is -2.10. The molecule has 1 nitrogen and oxygen atoms in total. The van der Waals surface area contributed by atoms with Gasteiger partial charge in [-0.25, -0.2) is 0 Å². The normalized spacial score (nSPS) is 9.46. The Labute approximate surface area is 156 Å². The first-order chi connectivity index (χ1) is 11.1. The van der Waals surface area contributed by atoms with Crippen LogP contribution in [0.4, 0.5) is 0 Å². The van der Waals surface area contributed by atoms with E-state index >= 15 is 0 Å². The highest BCUT2D eigenvalue weighted by molar-refractivity contribution is 7.07. The van der Waals surface area contributed by atoms with Gasteiger partial charge in [-0.15, -0.1) is 11.3 Å². The molecule has 0 saturated carbocycles. The molecule has 24 heavy (non-hydrogen) atoms. The van der Waals surface area contributed by atoms with Crippen LogP contribution in [-0.4, -0.2) is 4.98 Å². The van der Waals surface area contributed by atoms with Crippen LogP contribution >= 0.6 is 11.3 Å². The van der Waals surface area contributed by atoms with E-state index in [1.165, 1.54) is 5.56 Å². The second-order valence-electron chi connectivity index (χ2n) is 7.29. The maximum absolute atomic E-state index is 3.74. The van der Waals surface area contributed by atoms with Gasteiger partial charge < -0.3 is 0 Å².